The predicted octanol–water partition coefficient (Wildman–Crippen LogP) is 4.09. The van der Waals surface area contributed by atoms with Gasteiger partial charge in [0, 0.05) is 16.9 Å². The number of nitrogens with one attached hydrogen (secondary N) is 1. The van der Waals surface area contributed by atoms with Crippen molar-refractivity contribution in [1.82, 2.24) is 5.32 Å². The number of carboxylic acid groups (broad SMARTS) is 1. The molecule has 0 saturated heterocycles. The van der Waals surface area contributed by atoms with Crippen LogP contribution in [0.1, 0.15) is 25.8 Å². The zero-order chi connectivity index (χ0) is 15.8. The van der Waals surface area contributed by atoms with Gasteiger partial charge in [0.1, 0.15) is 11.6 Å². The van der Waals surface area contributed by atoms with Crippen LogP contribution >= 0.6 is 27.7 Å². The molecule has 1 aliphatic heterocycles. The first kappa shape index (κ1) is 16.2. The van der Waals surface area contributed by atoms with E-state index in [1.807, 2.05) is 6.92 Å². The lowest BCUT2D eigenvalue weighted by Gasteiger charge is -2.34. The summed E-state index contributed by atoms with van der Waals surface area (Å²) in [5.41, 5.74) is -0.726. The quantitative estimate of drug-likeness (QED) is 0.723. The van der Waals surface area contributed by atoms with Crippen molar-refractivity contribution < 1.29 is 18.7 Å². The monoisotopic (exact) mass is 378 g/mol. The van der Waals surface area contributed by atoms with Crippen molar-refractivity contribution in [2.75, 3.05) is 0 Å². The number of amidine groups is 1. The van der Waals surface area contributed by atoms with Gasteiger partial charge in [-0.05, 0) is 35.3 Å². The highest BCUT2D eigenvalue weighted by Gasteiger charge is 2.36. The van der Waals surface area contributed by atoms with Crippen molar-refractivity contribution in [2.45, 2.75) is 31.1 Å². The minimum Gasteiger partial charge on any atom is -0.465 e. The Kier molecular flexibility index (Phi) is 4.57. The van der Waals surface area contributed by atoms with E-state index in [1.54, 1.807) is 6.92 Å². The van der Waals surface area contributed by atoms with Crippen molar-refractivity contribution >= 4 is 39.0 Å². The summed E-state index contributed by atoms with van der Waals surface area (Å²) in [7, 11) is 0. The van der Waals surface area contributed by atoms with E-state index in [9.17, 15) is 13.6 Å². The lowest BCUT2D eigenvalue weighted by Crippen LogP contribution is -2.37. The summed E-state index contributed by atoms with van der Waals surface area (Å²) >= 11 is 4.31. The average molecular weight is 379 g/mol. The second kappa shape index (κ2) is 5.92. The highest BCUT2D eigenvalue weighted by Crippen LogP contribution is 2.41. The number of carbonyl (C=O) groups is 1. The second-order valence-electron chi connectivity index (χ2n) is 5.00. The fourth-order valence-corrected chi connectivity index (χ4v) is 3.88. The third kappa shape index (κ3) is 3.55. The molecule has 0 bridgehead atoms. The summed E-state index contributed by atoms with van der Waals surface area (Å²) in [6, 6.07) is 2.16. The predicted molar refractivity (Wildman–Crippen MR) is 81.7 cm³/mol. The van der Waals surface area contributed by atoms with Crippen molar-refractivity contribution in [3.8, 4) is 0 Å². The Morgan fingerprint density at radius 1 is 1.52 bits per heavy atom. The van der Waals surface area contributed by atoms with Crippen molar-refractivity contribution in [3.05, 3.63) is 33.8 Å². The number of amides is 1. The molecule has 1 aromatic rings. The fraction of sp³-hybridized carbons (Fsp3) is 0.385. The molecule has 0 unspecified atom stereocenters. The number of halogens is 3. The van der Waals surface area contributed by atoms with Gasteiger partial charge in [0.2, 0.25) is 0 Å². The maximum atomic E-state index is 14.1. The van der Waals surface area contributed by atoms with E-state index in [0.29, 0.717) is 6.42 Å². The first-order chi connectivity index (χ1) is 9.71. The number of nitrogens with zero attached hydrogens (tertiary/aromatic N) is 1. The maximum Gasteiger partial charge on any atom is 0.410 e. The molecular formula is C13H13BrF2N2O2S. The van der Waals surface area contributed by atoms with E-state index in [4.69, 9.17) is 5.11 Å². The molecule has 2 atom stereocenters. The van der Waals surface area contributed by atoms with E-state index >= 15 is 0 Å². The molecule has 8 heteroatoms. The molecule has 0 aromatic heterocycles. The SMILES string of the molecule is C[C@@H]1C[C@@](C)(c2cc(Br)c(F)cc2F)N=C(NC(=O)O)S1. The van der Waals surface area contributed by atoms with E-state index < -0.39 is 23.3 Å². The molecule has 1 amide bonds. The summed E-state index contributed by atoms with van der Waals surface area (Å²) in [5, 5.41) is 11.2. The van der Waals surface area contributed by atoms with Crippen LogP contribution in [-0.2, 0) is 5.54 Å². The number of thioether (sulfide) groups is 1. The van der Waals surface area contributed by atoms with E-state index in [2.05, 4.69) is 26.2 Å². The van der Waals surface area contributed by atoms with Gasteiger partial charge in [-0.1, -0.05) is 18.7 Å². The van der Waals surface area contributed by atoms with Gasteiger partial charge in [0.25, 0.3) is 0 Å². The van der Waals surface area contributed by atoms with Gasteiger partial charge in [-0.2, -0.15) is 0 Å². The Bertz CT molecular complexity index is 626. The summed E-state index contributed by atoms with van der Waals surface area (Å²) in [6.07, 6.45) is -0.712. The van der Waals surface area contributed by atoms with Gasteiger partial charge >= 0.3 is 6.09 Å². The summed E-state index contributed by atoms with van der Waals surface area (Å²) < 4.78 is 27.6. The molecule has 0 radical (unpaired) electrons. The average Bonchev–Trinajstić information content (AvgIpc) is 2.31. The molecule has 114 valence electrons. The number of aliphatic imine (C=N–C) groups is 1. The lowest BCUT2D eigenvalue weighted by molar-refractivity contribution is 0.200. The summed E-state index contributed by atoms with van der Waals surface area (Å²) in [6.45, 7) is 3.60. The molecule has 0 saturated carbocycles. The second-order valence-corrected chi connectivity index (χ2v) is 7.28. The molecule has 1 aromatic carbocycles. The molecule has 4 nitrogen and oxygen atoms in total. The van der Waals surface area contributed by atoms with E-state index in [1.165, 1.54) is 17.8 Å². The third-order valence-electron chi connectivity index (χ3n) is 3.15. The van der Waals surface area contributed by atoms with Crippen LogP contribution in [0.3, 0.4) is 0 Å². The minimum absolute atomic E-state index is 0.0394. The standard InChI is InChI=1S/C13H13BrF2N2O2S/c1-6-5-13(2,18-11(21-6)17-12(19)20)7-3-8(14)10(16)4-9(7)15/h3-4,6H,5H2,1-2H3,(H,17,18)(H,19,20)/t6-,13+/m1/s1. The van der Waals surface area contributed by atoms with Gasteiger partial charge in [0.15, 0.2) is 5.17 Å². The van der Waals surface area contributed by atoms with Crippen LogP contribution in [0, 0.1) is 11.6 Å². The number of hydrogen-bond donors (Lipinski definition) is 2. The molecule has 2 rings (SSSR count). The number of hydrogen-bond acceptors (Lipinski definition) is 3. The van der Waals surface area contributed by atoms with Crippen LogP contribution in [0.4, 0.5) is 13.6 Å². The van der Waals surface area contributed by atoms with Crippen LogP contribution < -0.4 is 5.32 Å². The number of benzene rings is 1. The molecule has 2 N–H and O–H groups in total. The van der Waals surface area contributed by atoms with Crippen LogP contribution in [0.15, 0.2) is 21.6 Å². The van der Waals surface area contributed by atoms with Crippen LogP contribution in [-0.4, -0.2) is 21.6 Å². The molecule has 0 spiro atoms. The summed E-state index contributed by atoms with van der Waals surface area (Å²) in [4.78, 5) is 15.1. The Morgan fingerprint density at radius 3 is 2.81 bits per heavy atom. The molecule has 1 aliphatic rings. The van der Waals surface area contributed by atoms with Crippen molar-refractivity contribution in [2.24, 2.45) is 4.99 Å². The normalized spacial score (nSPS) is 25.4. The Balaban J connectivity index is 2.49. The highest BCUT2D eigenvalue weighted by atomic mass is 79.9. The number of rotatable bonds is 1. The Hall–Kier alpha value is -1.15. The van der Waals surface area contributed by atoms with E-state index in [0.717, 1.165) is 6.07 Å². The van der Waals surface area contributed by atoms with Gasteiger partial charge in [-0.15, -0.1) is 0 Å². The molecule has 0 fully saturated rings. The highest BCUT2D eigenvalue weighted by molar-refractivity contribution is 9.10. The van der Waals surface area contributed by atoms with Gasteiger partial charge in [-0.3, -0.25) is 10.3 Å². The zero-order valence-corrected chi connectivity index (χ0v) is 13.7. The van der Waals surface area contributed by atoms with Gasteiger partial charge in [0.05, 0.1) is 10.0 Å². The first-order valence-electron chi connectivity index (χ1n) is 6.13. The molecular weight excluding hydrogens is 366 g/mol. The Morgan fingerprint density at radius 2 is 2.19 bits per heavy atom. The smallest absolute Gasteiger partial charge is 0.410 e. The van der Waals surface area contributed by atoms with Gasteiger partial charge in [-0.25, -0.2) is 13.6 Å². The molecule has 0 aliphatic carbocycles. The van der Waals surface area contributed by atoms with Crippen LogP contribution in [0.5, 0.6) is 0 Å². The molecule has 21 heavy (non-hydrogen) atoms. The van der Waals surface area contributed by atoms with Gasteiger partial charge < -0.3 is 5.11 Å². The van der Waals surface area contributed by atoms with Crippen molar-refractivity contribution in [1.29, 1.82) is 0 Å². The minimum atomic E-state index is -1.22. The molecule has 1 heterocycles. The largest absolute Gasteiger partial charge is 0.465 e. The fourth-order valence-electron chi connectivity index (χ4n) is 2.34. The first-order valence-corrected chi connectivity index (χ1v) is 7.80. The topological polar surface area (TPSA) is 61.7 Å². The zero-order valence-electron chi connectivity index (χ0n) is 11.3. The van der Waals surface area contributed by atoms with Crippen LogP contribution in [0.2, 0.25) is 0 Å². The Labute approximate surface area is 133 Å². The lowest BCUT2D eigenvalue weighted by atomic mass is 9.87. The van der Waals surface area contributed by atoms with Crippen molar-refractivity contribution in [3.63, 3.8) is 0 Å². The third-order valence-corrected chi connectivity index (χ3v) is 4.74. The van der Waals surface area contributed by atoms with E-state index in [-0.39, 0.29) is 20.5 Å². The van der Waals surface area contributed by atoms with Crippen LogP contribution in [0.25, 0.3) is 0 Å². The maximum absolute atomic E-state index is 14.1. The summed E-state index contributed by atoms with van der Waals surface area (Å²) in [5.74, 6) is -1.39.